The van der Waals surface area contributed by atoms with E-state index in [1.54, 1.807) is 32.9 Å². The van der Waals surface area contributed by atoms with E-state index >= 15 is 0 Å². The van der Waals surface area contributed by atoms with Crippen molar-refractivity contribution in [3.63, 3.8) is 0 Å². The molecule has 5 N–H and O–H groups in total. The Balaban J connectivity index is 2.25. The summed E-state index contributed by atoms with van der Waals surface area (Å²) in [5.41, 5.74) is -0.992. The number of amides is 4. The minimum absolute atomic E-state index is 0.230. The van der Waals surface area contributed by atoms with Crippen LogP contribution in [0.1, 0.15) is 44.4 Å². The first kappa shape index (κ1) is 32.0. The van der Waals surface area contributed by atoms with Gasteiger partial charge in [0.05, 0.1) is 32.8 Å². The van der Waals surface area contributed by atoms with Crippen molar-refractivity contribution >= 4 is 35.8 Å². The van der Waals surface area contributed by atoms with Crippen LogP contribution in [-0.2, 0) is 38.2 Å². The molecule has 0 bridgehead atoms. The van der Waals surface area contributed by atoms with Crippen molar-refractivity contribution in [2.45, 2.75) is 57.3 Å². The predicted octanol–water partition coefficient (Wildman–Crippen LogP) is -0.644. The van der Waals surface area contributed by atoms with Gasteiger partial charge in [-0.05, 0) is 33.3 Å². The van der Waals surface area contributed by atoms with Crippen molar-refractivity contribution in [2.24, 2.45) is 0 Å². The second-order valence-corrected chi connectivity index (χ2v) is 10.2. The Hall–Kier alpha value is -4.20. The summed E-state index contributed by atoms with van der Waals surface area (Å²) < 4.78 is 14.6. The van der Waals surface area contributed by atoms with Crippen LogP contribution < -0.4 is 26.6 Å². The van der Waals surface area contributed by atoms with Gasteiger partial charge >= 0.3 is 18.0 Å². The lowest BCUT2D eigenvalue weighted by atomic mass is 9.84. The molecule has 40 heavy (non-hydrogen) atoms. The van der Waals surface area contributed by atoms with Gasteiger partial charge < -0.3 is 35.5 Å². The Bertz CT molecular complexity index is 1120. The van der Waals surface area contributed by atoms with Crippen LogP contribution in [0.4, 0.5) is 4.79 Å². The molecule has 0 unspecified atom stereocenters. The Kier molecular flexibility index (Phi) is 11.0. The van der Waals surface area contributed by atoms with E-state index in [4.69, 9.17) is 9.47 Å². The molecule has 14 heteroatoms. The molecule has 0 aromatic heterocycles. The first-order valence-corrected chi connectivity index (χ1v) is 12.5. The van der Waals surface area contributed by atoms with Crippen LogP contribution in [0.5, 0.6) is 0 Å². The fourth-order valence-corrected chi connectivity index (χ4v) is 4.06. The maximum absolute atomic E-state index is 13.2. The van der Waals surface area contributed by atoms with Crippen molar-refractivity contribution < 1.29 is 43.0 Å². The predicted molar refractivity (Wildman–Crippen MR) is 141 cm³/mol. The third-order valence-corrected chi connectivity index (χ3v) is 5.90. The molecular formula is C26H37N5O9. The van der Waals surface area contributed by atoms with E-state index in [-0.39, 0.29) is 13.0 Å². The van der Waals surface area contributed by atoms with Crippen LogP contribution in [0.15, 0.2) is 24.3 Å². The first-order valence-electron chi connectivity index (χ1n) is 12.5. The lowest BCUT2D eigenvalue weighted by molar-refractivity contribution is -0.151. The Labute approximate surface area is 232 Å². The molecule has 1 aliphatic heterocycles. The number of hydrogen-bond acceptors (Lipinski definition) is 10. The van der Waals surface area contributed by atoms with E-state index in [1.165, 1.54) is 7.11 Å². The number of nitrogens with one attached hydrogen (secondary N) is 5. The lowest BCUT2D eigenvalue weighted by Gasteiger charge is -2.33. The number of esters is 2. The van der Waals surface area contributed by atoms with Gasteiger partial charge in [0, 0.05) is 6.42 Å². The smallest absolute Gasteiger partial charge is 0.408 e. The highest BCUT2D eigenvalue weighted by atomic mass is 16.6. The van der Waals surface area contributed by atoms with Crippen molar-refractivity contribution in [3.8, 4) is 0 Å². The van der Waals surface area contributed by atoms with E-state index in [0.29, 0.717) is 5.56 Å². The summed E-state index contributed by atoms with van der Waals surface area (Å²) in [6, 6.07) is 5.17. The maximum atomic E-state index is 13.2. The summed E-state index contributed by atoms with van der Waals surface area (Å²) in [4.78, 5) is 74.5. The van der Waals surface area contributed by atoms with Gasteiger partial charge in [-0.2, -0.15) is 0 Å². The van der Waals surface area contributed by atoms with Crippen LogP contribution in [0.2, 0.25) is 0 Å². The minimum atomic E-state index is -1.74. The SMILES string of the molecule is COC(=O)CNC(=O)CNC(=O)[C@H]1C[C@@](NC(=O)CNC(=O)OC(C)(C)C)(C(=O)OC)[C@@H](c2ccc(C)cc2)N1. The van der Waals surface area contributed by atoms with Gasteiger partial charge in [-0.3, -0.25) is 24.5 Å². The average molecular weight is 564 g/mol. The quantitative estimate of drug-likeness (QED) is 0.181. The Morgan fingerprint density at radius 1 is 0.900 bits per heavy atom. The third-order valence-electron chi connectivity index (χ3n) is 5.90. The highest BCUT2D eigenvalue weighted by Crippen LogP contribution is 2.38. The number of hydrogen-bond donors (Lipinski definition) is 5. The average Bonchev–Trinajstić information content (AvgIpc) is 3.28. The zero-order chi connectivity index (χ0) is 30.1. The monoisotopic (exact) mass is 563 g/mol. The van der Waals surface area contributed by atoms with Gasteiger partial charge in [-0.25, -0.2) is 9.59 Å². The van der Waals surface area contributed by atoms with Crippen LogP contribution in [0.3, 0.4) is 0 Å². The molecule has 2 rings (SSSR count). The molecule has 1 aromatic carbocycles. The number of benzene rings is 1. The van der Waals surface area contributed by atoms with Crippen molar-refractivity contribution in [3.05, 3.63) is 35.4 Å². The standard InChI is InChI=1S/C26H37N5O9/c1-15-7-9-16(10-8-15)21-26(23(36)39-6,31-19(33)13-29-24(37)40-25(2,3)4)11-17(30-21)22(35)28-12-18(32)27-14-20(34)38-5/h7-10,17,21,30H,11-14H2,1-6H3,(H,27,32)(H,28,35)(H,29,37)(H,31,33)/t17-,21-,26+/m1/s1. The minimum Gasteiger partial charge on any atom is -0.468 e. The topological polar surface area (TPSA) is 190 Å². The highest BCUT2D eigenvalue weighted by molar-refractivity contribution is 5.94. The number of aryl methyl sites for hydroxylation is 1. The van der Waals surface area contributed by atoms with E-state index < -0.39 is 72.1 Å². The molecule has 220 valence electrons. The number of methoxy groups -OCH3 is 2. The summed E-state index contributed by atoms with van der Waals surface area (Å²) >= 11 is 0. The van der Waals surface area contributed by atoms with Crippen LogP contribution >= 0.6 is 0 Å². The molecule has 1 fully saturated rings. The second-order valence-electron chi connectivity index (χ2n) is 10.2. The number of alkyl carbamates (subject to hydrolysis) is 1. The summed E-state index contributed by atoms with van der Waals surface area (Å²) in [5, 5.41) is 12.8. The van der Waals surface area contributed by atoms with Gasteiger partial charge in [0.15, 0.2) is 5.54 Å². The number of carbonyl (C=O) groups excluding carboxylic acids is 6. The van der Waals surface area contributed by atoms with Crippen molar-refractivity contribution in [1.82, 2.24) is 26.6 Å². The van der Waals surface area contributed by atoms with Crippen molar-refractivity contribution in [2.75, 3.05) is 33.9 Å². The summed E-state index contributed by atoms with van der Waals surface area (Å²) in [6.45, 7) is 5.57. The summed E-state index contributed by atoms with van der Waals surface area (Å²) in [7, 11) is 2.33. The van der Waals surface area contributed by atoms with E-state index in [2.05, 4.69) is 31.3 Å². The van der Waals surface area contributed by atoms with Crippen LogP contribution in [0.25, 0.3) is 0 Å². The number of carbonyl (C=O) groups is 6. The first-order chi connectivity index (χ1) is 18.7. The van der Waals surface area contributed by atoms with E-state index in [0.717, 1.165) is 12.7 Å². The number of rotatable bonds is 10. The largest absolute Gasteiger partial charge is 0.468 e. The van der Waals surface area contributed by atoms with E-state index in [1.807, 2.05) is 19.1 Å². The molecule has 0 spiro atoms. The maximum Gasteiger partial charge on any atom is 0.408 e. The van der Waals surface area contributed by atoms with Crippen LogP contribution in [-0.4, -0.2) is 86.8 Å². The lowest BCUT2D eigenvalue weighted by Crippen LogP contribution is -2.59. The van der Waals surface area contributed by atoms with E-state index in [9.17, 15) is 28.8 Å². The van der Waals surface area contributed by atoms with Crippen LogP contribution in [0, 0.1) is 6.92 Å². The zero-order valence-corrected chi connectivity index (χ0v) is 23.5. The molecule has 1 aliphatic rings. The Morgan fingerprint density at radius 3 is 2.10 bits per heavy atom. The molecule has 1 saturated heterocycles. The molecule has 14 nitrogen and oxygen atoms in total. The fraction of sp³-hybridized carbons (Fsp3) is 0.538. The summed E-state index contributed by atoms with van der Waals surface area (Å²) in [5.74, 6) is -3.46. The number of ether oxygens (including phenoxy) is 3. The fourth-order valence-electron chi connectivity index (χ4n) is 4.06. The van der Waals surface area contributed by atoms with Gasteiger partial charge in [0.25, 0.3) is 0 Å². The normalized spacial score (nSPS) is 20.1. The van der Waals surface area contributed by atoms with Gasteiger partial charge in [0.1, 0.15) is 18.7 Å². The third kappa shape index (κ3) is 8.93. The van der Waals surface area contributed by atoms with Gasteiger partial charge in [-0.15, -0.1) is 0 Å². The second kappa shape index (κ2) is 13.7. The Morgan fingerprint density at radius 2 is 1.52 bits per heavy atom. The molecule has 0 radical (unpaired) electrons. The van der Waals surface area contributed by atoms with Gasteiger partial charge in [0.2, 0.25) is 17.7 Å². The molecule has 3 atom stereocenters. The molecule has 1 aromatic rings. The highest BCUT2D eigenvalue weighted by Gasteiger charge is 2.56. The molecule has 4 amide bonds. The summed E-state index contributed by atoms with van der Waals surface area (Å²) in [6.07, 6.45) is -1.05. The molecule has 0 saturated carbocycles. The molecule has 0 aliphatic carbocycles. The zero-order valence-electron chi connectivity index (χ0n) is 23.5. The van der Waals surface area contributed by atoms with Crippen molar-refractivity contribution in [1.29, 1.82) is 0 Å². The van der Waals surface area contributed by atoms with Gasteiger partial charge in [-0.1, -0.05) is 29.8 Å². The molecular weight excluding hydrogens is 526 g/mol. The molecule has 1 heterocycles.